The monoisotopic (exact) mass is 451 g/mol. The van der Waals surface area contributed by atoms with E-state index in [1.165, 1.54) is 0 Å². The molecule has 1 aliphatic heterocycles. The number of nitrogens with one attached hydrogen (secondary N) is 1. The molecule has 32 heavy (non-hydrogen) atoms. The van der Waals surface area contributed by atoms with Crippen molar-refractivity contribution in [3.8, 4) is 11.4 Å². The summed E-state index contributed by atoms with van der Waals surface area (Å²) < 4.78 is 5.47. The first-order valence-electron chi connectivity index (χ1n) is 10.8. The van der Waals surface area contributed by atoms with Crippen molar-refractivity contribution >= 4 is 23.5 Å². The molecule has 7 heteroatoms. The maximum Gasteiger partial charge on any atom is 0.314 e. The van der Waals surface area contributed by atoms with Gasteiger partial charge in [-0.1, -0.05) is 35.9 Å². The molecule has 1 atom stereocenters. The number of amides is 1. The molecular formula is C25H26ClN3O3. The van der Waals surface area contributed by atoms with E-state index in [2.05, 4.69) is 9.97 Å². The fraction of sp³-hybridized carbons (Fsp3) is 0.320. The zero-order valence-electron chi connectivity index (χ0n) is 18.0. The Morgan fingerprint density at radius 1 is 1.22 bits per heavy atom. The average molecular weight is 452 g/mol. The van der Waals surface area contributed by atoms with Gasteiger partial charge >= 0.3 is 5.97 Å². The SMILES string of the molecule is CCOC(=O)[C@]1(Cc2cccc(Cl)c2)CCCN(C(=O)c2cccc(-c3ncc[nH]3)c2)C1. The summed E-state index contributed by atoms with van der Waals surface area (Å²) in [4.78, 5) is 35.6. The molecule has 0 bridgehead atoms. The third-order valence-electron chi connectivity index (χ3n) is 5.89. The Bertz CT molecular complexity index is 1100. The molecule has 0 unspecified atom stereocenters. The number of benzene rings is 2. The quantitative estimate of drug-likeness (QED) is 0.548. The predicted molar refractivity (Wildman–Crippen MR) is 123 cm³/mol. The van der Waals surface area contributed by atoms with Gasteiger partial charge in [0.25, 0.3) is 5.91 Å². The van der Waals surface area contributed by atoms with Gasteiger partial charge < -0.3 is 14.6 Å². The van der Waals surface area contributed by atoms with Crippen LogP contribution in [0.15, 0.2) is 60.9 Å². The normalized spacial score (nSPS) is 18.4. The summed E-state index contributed by atoms with van der Waals surface area (Å²) >= 11 is 6.18. The average Bonchev–Trinajstić information content (AvgIpc) is 3.34. The Hall–Kier alpha value is -3.12. The molecular weight excluding hydrogens is 426 g/mol. The van der Waals surface area contributed by atoms with E-state index < -0.39 is 5.41 Å². The van der Waals surface area contributed by atoms with Gasteiger partial charge in [0.1, 0.15) is 5.82 Å². The highest BCUT2D eigenvalue weighted by molar-refractivity contribution is 6.30. The molecule has 2 heterocycles. The number of H-pyrrole nitrogens is 1. The number of carbonyl (C=O) groups excluding carboxylic acids is 2. The summed E-state index contributed by atoms with van der Waals surface area (Å²) in [5, 5.41) is 0.625. The first-order valence-corrected chi connectivity index (χ1v) is 11.2. The lowest BCUT2D eigenvalue weighted by molar-refractivity contribution is -0.158. The van der Waals surface area contributed by atoms with Gasteiger partial charge in [0, 0.05) is 41.6 Å². The van der Waals surface area contributed by atoms with Crippen molar-refractivity contribution in [2.24, 2.45) is 5.41 Å². The summed E-state index contributed by atoms with van der Waals surface area (Å²) in [5.41, 5.74) is 1.57. The second-order valence-electron chi connectivity index (χ2n) is 8.16. The number of carbonyl (C=O) groups is 2. The Morgan fingerprint density at radius 3 is 2.81 bits per heavy atom. The first kappa shape index (κ1) is 22.1. The van der Waals surface area contributed by atoms with E-state index in [-0.39, 0.29) is 11.9 Å². The van der Waals surface area contributed by atoms with Gasteiger partial charge in [-0.05, 0) is 56.0 Å². The maximum atomic E-state index is 13.4. The highest BCUT2D eigenvalue weighted by Crippen LogP contribution is 2.36. The third-order valence-corrected chi connectivity index (χ3v) is 6.12. The molecule has 0 spiro atoms. The molecule has 1 amide bonds. The Labute approximate surface area is 192 Å². The van der Waals surface area contributed by atoms with Crippen LogP contribution >= 0.6 is 11.6 Å². The van der Waals surface area contributed by atoms with Crippen LogP contribution in [0.5, 0.6) is 0 Å². The van der Waals surface area contributed by atoms with E-state index in [0.29, 0.717) is 48.9 Å². The molecule has 1 fully saturated rings. The molecule has 6 nitrogen and oxygen atoms in total. The zero-order valence-corrected chi connectivity index (χ0v) is 18.8. The smallest absolute Gasteiger partial charge is 0.314 e. The number of esters is 1. The van der Waals surface area contributed by atoms with Crippen molar-refractivity contribution in [3.63, 3.8) is 0 Å². The molecule has 1 aliphatic rings. The summed E-state index contributed by atoms with van der Waals surface area (Å²) in [6.07, 6.45) is 5.29. The number of rotatable bonds is 6. The number of aromatic amines is 1. The van der Waals surface area contributed by atoms with Gasteiger partial charge in [0.15, 0.2) is 0 Å². The molecule has 166 valence electrons. The predicted octanol–water partition coefficient (Wildman–Crippen LogP) is 4.76. The van der Waals surface area contributed by atoms with Crippen molar-refractivity contribution in [3.05, 3.63) is 77.1 Å². The summed E-state index contributed by atoms with van der Waals surface area (Å²) in [5.74, 6) is 0.347. The topological polar surface area (TPSA) is 75.3 Å². The number of hydrogen-bond donors (Lipinski definition) is 1. The number of likely N-dealkylation sites (tertiary alicyclic amines) is 1. The van der Waals surface area contributed by atoms with Crippen molar-refractivity contribution in [2.45, 2.75) is 26.2 Å². The number of piperidine rings is 1. The van der Waals surface area contributed by atoms with Gasteiger partial charge in [-0.3, -0.25) is 9.59 Å². The third kappa shape index (κ3) is 4.70. The minimum atomic E-state index is -0.798. The minimum absolute atomic E-state index is 0.0992. The van der Waals surface area contributed by atoms with Crippen LogP contribution in [0, 0.1) is 5.41 Å². The van der Waals surface area contributed by atoms with Gasteiger partial charge in [-0.25, -0.2) is 4.98 Å². The Kier molecular flexibility index (Phi) is 6.61. The molecule has 0 radical (unpaired) electrons. The number of ether oxygens (including phenoxy) is 1. The van der Waals surface area contributed by atoms with Crippen LogP contribution in [0.2, 0.25) is 5.02 Å². The second kappa shape index (κ2) is 9.57. The maximum absolute atomic E-state index is 13.4. The number of hydrogen-bond acceptors (Lipinski definition) is 4. The van der Waals surface area contributed by atoms with E-state index >= 15 is 0 Å². The second-order valence-corrected chi connectivity index (χ2v) is 8.59. The number of nitrogens with zero attached hydrogens (tertiary/aromatic N) is 2. The van der Waals surface area contributed by atoms with Gasteiger partial charge in [-0.2, -0.15) is 0 Å². The Morgan fingerprint density at radius 2 is 2.06 bits per heavy atom. The number of aromatic nitrogens is 2. The lowest BCUT2D eigenvalue weighted by Gasteiger charge is -2.41. The summed E-state index contributed by atoms with van der Waals surface area (Å²) in [6.45, 7) is 3.01. The van der Waals surface area contributed by atoms with E-state index in [1.807, 2.05) is 42.5 Å². The largest absolute Gasteiger partial charge is 0.466 e. The van der Waals surface area contributed by atoms with E-state index in [1.54, 1.807) is 30.3 Å². The van der Waals surface area contributed by atoms with Gasteiger partial charge in [0.05, 0.1) is 12.0 Å². The fourth-order valence-corrected chi connectivity index (χ4v) is 4.63. The van der Waals surface area contributed by atoms with Crippen LogP contribution in [0.1, 0.15) is 35.7 Å². The van der Waals surface area contributed by atoms with Crippen LogP contribution < -0.4 is 0 Å². The molecule has 4 rings (SSSR count). The van der Waals surface area contributed by atoms with Gasteiger partial charge in [0.2, 0.25) is 0 Å². The van der Waals surface area contributed by atoms with Crippen molar-refractivity contribution in [2.75, 3.05) is 19.7 Å². The van der Waals surface area contributed by atoms with Gasteiger partial charge in [-0.15, -0.1) is 0 Å². The van der Waals surface area contributed by atoms with Crippen LogP contribution in [-0.4, -0.2) is 46.4 Å². The van der Waals surface area contributed by atoms with Crippen LogP contribution in [0.25, 0.3) is 11.4 Å². The van der Waals surface area contributed by atoms with Crippen molar-refractivity contribution in [1.82, 2.24) is 14.9 Å². The molecule has 3 aromatic rings. The standard InChI is InChI=1S/C25H26ClN3O3/c1-2-32-24(31)25(16-18-6-3-9-21(26)14-18)10-5-13-29(17-25)23(30)20-8-4-7-19(15-20)22-27-11-12-28-22/h3-4,6-9,11-12,14-15H,2,5,10,13,16-17H2,1H3,(H,27,28)/t25-/m0/s1. The Balaban J connectivity index is 1.60. The highest BCUT2D eigenvalue weighted by Gasteiger charge is 2.45. The molecule has 1 saturated heterocycles. The van der Waals surface area contributed by atoms with Crippen LogP contribution in [0.4, 0.5) is 0 Å². The number of imidazole rings is 1. The lowest BCUT2D eigenvalue weighted by Crippen LogP contribution is -2.51. The highest BCUT2D eigenvalue weighted by atomic mass is 35.5. The van der Waals surface area contributed by atoms with Crippen molar-refractivity contribution < 1.29 is 14.3 Å². The molecule has 2 aromatic carbocycles. The number of halogens is 1. The van der Waals surface area contributed by atoms with Crippen molar-refractivity contribution in [1.29, 1.82) is 0 Å². The molecule has 1 N–H and O–H groups in total. The summed E-state index contributed by atoms with van der Waals surface area (Å²) in [6, 6.07) is 14.9. The van der Waals surface area contributed by atoms with E-state index in [9.17, 15) is 9.59 Å². The lowest BCUT2D eigenvalue weighted by atomic mass is 9.75. The molecule has 0 saturated carbocycles. The minimum Gasteiger partial charge on any atom is -0.466 e. The van der Waals surface area contributed by atoms with E-state index in [4.69, 9.17) is 16.3 Å². The van der Waals surface area contributed by atoms with Crippen LogP contribution in [0.3, 0.4) is 0 Å². The molecule has 0 aliphatic carbocycles. The summed E-state index contributed by atoms with van der Waals surface area (Å²) in [7, 11) is 0. The van der Waals surface area contributed by atoms with Crippen LogP contribution in [-0.2, 0) is 16.0 Å². The fourth-order valence-electron chi connectivity index (χ4n) is 4.42. The molecule has 1 aromatic heterocycles. The zero-order chi connectivity index (χ0) is 22.6. The van der Waals surface area contributed by atoms with E-state index in [0.717, 1.165) is 17.5 Å². The first-order chi connectivity index (χ1) is 15.5.